The highest BCUT2D eigenvalue weighted by Gasteiger charge is 2.09. The molecule has 0 aliphatic carbocycles. The van der Waals surface area contributed by atoms with Crippen LogP contribution in [-0.4, -0.2) is 23.1 Å². The molecule has 0 radical (unpaired) electrons. The molecule has 0 aliphatic rings. The van der Waals surface area contributed by atoms with E-state index in [4.69, 9.17) is 20.4 Å². The molecule has 6 nitrogen and oxygen atoms in total. The van der Waals surface area contributed by atoms with E-state index in [1.165, 1.54) is 0 Å². The largest absolute Gasteiger partial charge is 0.497 e. The number of nitrogens with two attached hydrogens (primary N) is 1. The summed E-state index contributed by atoms with van der Waals surface area (Å²) in [6, 6.07) is 11.0. The number of methoxy groups -OCH3 is 1. The molecule has 0 saturated carbocycles. The van der Waals surface area contributed by atoms with E-state index in [9.17, 15) is 0 Å². The van der Waals surface area contributed by atoms with Crippen LogP contribution in [0.3, 0.4) is 0 Å². The second-order valence-electron chi connectivity index (χ2n) is 3.98. The zero-order valence-electron chi connectivity index (χ0n) is 11.0. The zero-order chi connectivity index (χ0) is 14.4. The van der Waals surface area contributed by atoms with Crippen LogP contribution in [0, 0.1) is 0 Å². The Morgan fingerprint density at radius 2 is 2.20 bits per heavy atom. The number of pyridine rings is 1. The summed E-state index contributed by atoms with van der Waals surface area (Å²) in [7, 11) is 1.61. The maximum absolute atomic E-state index is 8.72. The van der Waals surface area contributed by atoms with Crippen molar-refractivity contribution in [2.75, 3.05) is 7.11 Å². The molecular formula is C14H15N3O3. The summed E-state index contributed by atoms with van der Waals surface area (Å²) in [6.07, 6.45) is 1.55. The van der Waals surface area contributed by atoms with Crippen LogP contribution in [0.25, 0.3) is 0 Å². The summed E-state index contributed by atoms with van der Waals surface area (Å²) in [5.41, 5.74) is 6.79. The summed E-state index contributed by atoms with van der Waals surface area (Å²) in [5.74, 6) is 1.12. The molecule has 104 valence electrons. The number of hydrogen-bond acceptors (Lipinski definition) is 5. The number of amidine groups is 1. The third-order valence-electron chi connectivity index (χ3n) is 2.65. The third-order valence-corrected chi connectivity index (χ3v) is 2.65. The molecule has 0 fully saturated rings. The molecule has 6 heteroatoms. The molecule has 0 aliphatic heterocycles. The lowest BCUT2D eigenvalue weighted by Crippen LogP contribution is -2.16. The van der Waals surface area contributed by atoms with E-state index in [0.717, 1.165) is 11.3 Å². The van der Waals surface area contributed by atoms with Crippen LogP contribution in [0.1, 0.15) is 11.3 Å². The van der Waals surface area contributed by atoms with Crippen LogP contribution < -0.4 is 15.2 Å². The molecule has 0 atom stereocenters. The lowest BCUT2D eigenvalue weighted by molar-refractivity contribution is 0.301. The Morgan fingerprint density at radius 1 is 1.35 bits per heavy atom. The Kier molecular flexibility index (Phi) is 4.39. The Labute approximate surface area is 116 Å². The van der Waals surface area contributed by atoms with Gasteiger partial charge in [0.2, 0.25) is 0 Å². The normalized spacial score (nSPS) is 11.2. The fourth-order valence-corrected chi connectivity index (χ4v) is 1.67. The fraction of sp³-hybridized carbons (Fsp3) is 0.143. The van der Waals surface area contributed by atoms with E-state index < -0.39 is 0 Å². The van der Waals surface area contributed by atoms with Gasteiger partial charge in [-0.05, 0) is 29.8 Å². The van der Waals surface area contributed by atoms with Crippen molar-refractivity contribution in [3.05, 3.63) is 53.9 Å². The van der Waals surface area contributed by atoms with E-state index in [1.807, 2.05) is 24.3 Å². The molecule has 20 heavy (non-hydrogen) atoms. The standard InChI is InChI=1S/C14H15N3O3/c1-19-11-5-2-4-10(8-11)9-20-12-6-3-7-16-13(12)14(15)17-18/h2-8,18H,9H2,1H3,(H2,15,17). The predicted octanol–water partition coefficient (Wildman–Crippen LogP) is 1.76. The minimum absolute atomic E-state index is 0.0914. The number of aromatic nitrogens is 1. The molecule has 2 aromatic rings. The Hall–Kier alpha value is -2.76. The van der Waals surface area contributed by atoms with Crippen LogP contribution in [0.2, 0.25) is 0 Å². The van der Waals surface area contributed by atoms with Crippen LogP contribution in [0.15, 0.2) is 47.8 Å². The molecule has 0 spiro atoms. The predicted molar refractivity (Wildman–Crippen MR) is 74.1 cm³/mol. The topological polar surface area (TPSA) is 90.0 Å². The van der Waals surface area contributed by atoms with Gasteiger partial charge in [0.1, 0.15) is 18.1 Å². The van der Waals surface area contributed by atoms with Crippen molar-refractivity contribution in [1.29, 1.82) is 0 Å². The molecule has 1 aromatic carbocycles. The number of ether oxygens (including phenoxy) is 2. The summed E-state index contributed by atoms with van der Waals surface area (Å²) in [4.78, 5) is 4.03. The van der Waals surface area contributed by atoms with Gasteiger partial charge in [0, 0.05) is 6.20 Å². The van der Waals surface area contributed by atoms with E-state index in [-0.39, 0.29) is 5.84 Å². The van der Waals surface area contributed by atoms with Crippen molar-refractivity contribution in [1.82, 2.24) is 4.98 Å². The number of nitrogens with zero attached hydrogens (tertiary/aromatic N) is 2. The minimum atomic E-state index is -0.0914. The Balaban J connectivity index is 2.14. The van der Waals surface area contributed by atoms with Gasteiger partial charge in [-0.25, -0.2) is 4.98 Å². The van der Waals surface area contributed by atoms with Crippen molar-refractivity contribution in [2.24, 2.45) is 10.9 Å². The van der Waals surface area contributed by atoms with Gasteiger partial charge < -0.3 is 20.4 Å². The molecule has 0 bridgehead atoms. The second kappa shape index (κ2) is 6.42. The van der Waals surface area contributed by atoms with Crippen molar-refractivity contribution in [3.63, 3.8) is 0 Å². The van der Waals surface area contributed by atoms with E-state index in [0.29, 0.717) is 18.1 Å². The Bertz CT molecular complexity index is 614. The molecule has 2 rings (SSSR count). The first-order chi connectivity index (χ1) is 9.74. The zero-order valence-corrected chi connectivity index (χ0v) is 11.0. The van der Waals surface area contributed by atoms with Crippen molar-refractivity contribution < 1.29 is 14.7 Å². The second-order valence-corrected chi connectivity index (χ2v) is 3.98. The molecular weight excluding hydrogens is 258 g/mol. The molecule has 0 saturated heterocycles. The average molecular weight is 273 g/mol. The number of rotatable bonds is 5. The van der Waals surface area contributed by atoms with Gasteiger partial charge >= 0.3 is 0 Å². The molecule has 0 unspecified atom stereocenters. The van der Waals surface area contributed by atoms with Gasteiger partial charge in [-0.2, -0.15) is 0 Å². The van der Waals surface area contributed by atoms with Crippen LogP contribution >= 0.6 is 0 Å². The van der Waals surface area contributed by atoms with Crippen molar-refractivity contribution >= 4 is 5.84 Å². The lowest BCUT2D eigenvalue weighted by atomic mass is 10.2. The quantitative estimate of drug-likeness (QED) is 0.375. The van der Waals surface area contributed by atoms with Gasteiger partial charge in [0.05, 0.1) is 7.11 Å². The van der Waals surface area contributed by atoms with Gasteiger partial charge in [-0.15, -0.1) is 0 Å². The number of hydrogen-bond donors (Lipinski definition) is 2. The molecule has 3 N–H and O–H groups in total. The number of oxime groups is 1. The van der Waals surface area contributed by atoms with Crippen molar-refractivity contribution in [3.8, 4) is 11.5 Å². The average Bonchev–Trinajstić information content (AvgIpc) is 2.52. The fourth-order valence-electron chi connectivity index (χ4n) is 1.67. The number of benzene rings is 1. The lowest BCUT2D eigenvalue weighted by Gasteiger charge is -2.10. The van der Waals surface area contributed by atoms with Gasteiger partial charge in [-0.1, -0.05) is 17.3 Å². The summed E-state index contributed by atoms with van der Waals surface area (Å²) in [6.45, 7) is 0.328. The summed E-state index contributed by atoms with van der Waals surface area (Å²) < 4.78 is 10.8. The van der Waals surface area contributed by atoms with E-state index >= 15 is 0 Å². The van der Waals surface area contributed by atoms with Crippen LogP contribution in [0.4, 0.5) is 0 Å². The van der Waals surface area contributed by atoms with E-state index in [2.05, 4.69) is 10.1 Å². The summed E-state index contributed by atoms with van der Waals surface area (Å²) >= 11 is 0. The van der Waals surface area contributed by atoms with Crippen molar-refractivity contribution in [2.45, 2.75) is 6.61 Å². The molecule has 1 aromatic heterocycles. The monoisotopic (exact) mass is 273 g/mol. The smallest absolute Gasteiger partial charge is 0.192 e. The maximum atomic E-state index is 8.72. The molecule has 1 heterocycles. The first kappa shape index (κ1) is 13.7. The van der Waals surface area contributed by atoms with Crippen LogP contribution in [-0.2, 0) is 6.61 Å². The highest BCUT2D eigenvalue weighted by atomic mass is 16.5. The maximum Gasteiger partial charge on any atom is 0.192 e. The van der Waals surface area contributed by atoms with Gasteiger partial charge in [0.25, 0.3) is 0 Å². The highest BCUT2D eigenvalue weighted by molar-refractivity contribution is 5.97. The third kappa shape index (κ3) is 3.17. The highest BCUT2D eigenvalue weighted by Crippen LogP contribution is 2.18. The first-order valence-corrected chi connectivity index (χ1v) is 5.93. The van der Waals surface area contributed by atoms with Gasteiger partial charge in [-0.3, -0.25) is 0 Å². The van der Waals surface area contributed by atoms with E-state index in [1.54, 1.807) is 25.4 Å². The summed E-state index contributed by atoms with van der Waals surface area (Å²) in [5, 5.41) is 11.7. The van der Waals surface area contributed by atoms with Gasteiger partial charge in [0.15, 0.2) is 11.5 Å². The molecule has 0 amide bonds. The first-order valence-electron chi connectivity index (χ1n) is 5.93. The SMILES string of the molecule is COc1cccc(COc2cccnc2/C(N)=N/O)c1. The minimum Gasteiger partial charge on any atom is -0.497 e. The Morgan fingerprint density at radius 3 is 2.95 bits per heavy atom. The van der Waals surface area contributed by atoms with Crippen LogP contribution in [0.5, 0.6) is 11.5 Å².